The quantitative estimate of drug-likeness (QED) is 0.877. The molecule has 1 amide bonds. The van der Waals surface area contributed by atoms with Crippen LogP contribution in [0.2, 0.25) is 0 Å². The van der Waals surface area contributed by atoms with Crippen LogP contribution in [0.3, 0.4) is 0 Å². The van der Waals surface area contributed by atoms with Gasteiger partial charge in [0.15, 0.2) is 0 Å². The number of carbonyl (C=O) groups is 1. The number of hydrogen-bond acceptors (Lipinski definition) is 6. The first-order valence-corrected chi connectivity index (χ1v) is 7.46. The summed E-state index contributed by atoms with van der Waals surface area (Å²) < 4.78 is 10.5. The predicted octanol–water partition coefficient (Wildman–Crippen LogP) is 2.77. The van der Waals surface area contributed by atoms with E-state index in [2.05, 4.69) is 20.6 Å². The molecule has 0 bridgehead atoms. The number of nitrogens with one attached hydrogen (secondary N) is 2. The van der Waals surface area contributed by atoms with E-state index in [4.69, 9.17) is 9.47 Å². The Balaban J connectivity index is 2.16. The minimum atomic E-state index is -0.330. The topological polar surface area (TPSA) is 85.4 Å². The second-order valence-electron chi connectivity index (χ2n) is 6.18. The molecule has 0 aliphatic carbocycles. The van der Waals surface area contributed by atoms with Crippen LogP contribution in [0.1, 0.15) is 31.3 Å². The van der Waals surface area contributed by atoms with E-state index in [0.717, 1.165) is 0 Å². The predicted molar refractivity (Wildman–Crippen MR) is 92.1 cm³/mol. The first-order valence-electron chi connectivity index (χ1n) is 7.46. The van der Waals surface area contributed by atoms with E-state index >= 15 is 0 Å². The lowest BCUT2D eigenvalue weighted by Crippen LogP contribution is -2.40. The molecule has 0 radical (unpaired) electrons. The van der Waals surface area contributed by atoms with Crippen LogP contribution >= 0.6 is 0 Å². The molecule has 2 rings (SSSR count). The second-order valence-corrected chi connectivity index (χ2v) is 6.18. The highest BCUT2D eigenvalue weighted by atomic mass is 16.5. The summed E-state index contributed by atoms with van der Waals surface area (Å²) in [5.74, 6) is 1.56. The molecule has 0 aliphatic rings. The highest BCUT2D eigenvalue weighted by Gasteiger charge is 2.16. The van der Waals surface area contributed by atoms with E-state index in [-0.39, 0.29) is 17.1 Å². The van der Waals surface area contributed by atoms with Crippen LogP contribution in [0.5, 0.6) is 11.5 Å². The van der Waals surface area contributed by atoms with E-state index in [1.807, 2.05) is 20.8 Å². The first kappa shape index (κ1) is 17.5. The molecular weight excluding hydrogens is 308 g/mol. The standard InChI is InChI=1S/C17H22N4O3/c1-17(2,3)21-16(22)13-9-19-15(10-18-13)20-12-8-11(23-4)6-7-14(12)24-5/h6-10H,1-5H3,(H,19,20)(H,21,22). The van der Waals surface area contributed by atoms with Crippen molar-refractivity contribution in [2.24, 2.45) is 0 Å². The Morgan fingerprint density at radius 1 is 1.08 bits per heavy atom. The molecule has 7 nitrogen and oxygen atoms in total. The van der Waals surface area contributed by atoms with Crippen molar-refractivity contribution in [1.82, 2.24) is 15.3 Å². The number of amides is 1. The molecule has 7 heteroatoms. The Bertz CT molecular complexity index is 709. The summed E-state index contributed by atoms with van der Waals surface area (Å²) in [4.78, 5) is 20.4. The van der Waals surface area contributed by atoms with Gasteiger partial charge < -0.3 is 20.1 Å². The van der Waals surface area contributed by atoms with Crippen LogP contribution in [-0.4, -0.2) is 35.6 Å². The fourth-order valence-electron chi connectivity index (χ4n) is 1.96. The van der Waals surface area contributed by atoms with Crippen LogP contribution < -0.4 is 20.1 Å². The average Bonchev–Trinajstić information content (AvgIpc) is 2.53. The van der Waals surface area contributed by atoms with Gasteiger partial charge in [0.2, 0.25) is 0 Å². The summed E-state index contributed by atoms with van der Waals surface area (Å²) >= 11 is 0. The lowest BCUT2D eigenvalue weighted by molar-refractivity contribution is 0.0914. The largest absolute Gasteiger partial charge is 0.497 e. The molecule has 1 heterocycles. The molecule has 24 heavy (non-hydrogen) atoms. The molecule has 2 aromatic rings. The van der Waals surface area contributed by atoms with Gasteiger partial charge >= 0.3 is 0 Å². The van der Waals surface area contributed by atoms with Crippen molar-refractivity contribution in [2.45, 2.75) is 26.3 Å². The summed E-state index contributed by atoms with van der Waals surface area (Å²) in [5, 5.41) is 5.94. The summed E-state index contributed by atoms with van der Waals surface area (Å²) in [5.41, 5.74) is 0.620. The van der Waals surface area contributed by atoms with Crippen molar-refractivity contribution in [3.05, 3.63) is 36.3 Å². The van der Waals surface area contributed by atoms with E-state index in [1.54, 1.807) is 32.4 Å². The summed E-state index contributed by atoms with van der Waals surface area (Å²) in [6.45, 7) is 5.72. The minimum absolute atomic E-state index is 0.257. The molecule has 1 aromatic heterocycles. The van der Waals surface area contributed by atoms with Gasteiger partial charge in [-0.2, -0.15) is 0 Å². The third-order valence-electron chi connectivity index (χ3n) is 3.04. The van der Waals surface area contributed by atoms with Crippen LogP contribution in [0.4, 0.5) is 11.5 Å². The fraction of sp³-hybridized carbons (Fsp3) is 0.353. The average molecular weight is 330 g/mol. The number of aromatic nitrogens is 2. The normalized spacial score (nSPS) is 10.9. The molecule has 2 N–H and O–H groups in total. The highest BCUT2D eigenvalue weighted by Crippen LogP contribution is 2.30. The van der Waals surface area contributed by atoms with Crippen LogP contribution in [0.15, 0.2) is 30.6 Å². The number of nitrogens with zero attached hydrogens (tertiary/aromatic N) is 2. The summed E-state index contributed by atoms with van der Waals surface area (Å²) in [6, 6.07) is 5.39. The Morgan fingerprint density at radius 3 is 2.38 bits per heavy atom. The van der Waals surface area contributed by atoms with Gasteiger partial charge in [-0.3, -0.25) is 4.79 Å². The number of carbonyl (C=O) groups excluding carboxylic acids is 1. The lowest BCUT2D eigenvalue weighted by Gasteiger charge is -2.20. The van der Waals surface area contributed by atoms with Crippen molar-refractivity contribution in [3.63, 3.8) is 0 Å². The number of anilines is 2. The maximum atomic E-state index is 12.0. The van der Waals surface area contributed by atoms with Gasteiger partial charge in [-0.1, -0.05) is 0 Å². The first-order chi connectivity index (χ1) is 11.3. The zero-order valence-electron chi connectivity index (χ0n) is 14.5. The summed E-state index contributed by atoms with van der Waals surface area (Å²) in [7, 11) is 3.17. The number of methoxy groups -OCH3 is 2. The monoisotopic (exact) mass is 330 g/mol. The van der Waals surface area contributed by atoms with E-state index in [1.165, 1.54) is 12.4 Å². The van der Waals surface area contributed by atoms with Gasteiger partial charge in [-0.15, -0.1) is 0 Å². The molecule has 0 atom stereocenters. The van der Waals surface area contributed by atoms with Crippen molar-refractivity contribution in [2.75, 3.05) is 19.5 Å². The Hall–Kier alpha value is -2.83. The molecular formula is C17H22N4O3. The number of rotatable bonds is 5. The zero-order chi connectivity index (χ0) is 17.7. The van der Waals surface area contributed by atoms with E-state index in [0.29, 0.717) is 23.0 Å². The van der Waals surface area contributed by atoms with Gasteiger partial charge in [0.1, 0.15) is 23.0 Å². The Kier molecular flexibility index (Phi) is 5.23. The molecule has 0 spiro atoms. The Labute approximate surface area is 141 Å². The van der Waals surface area contributed by atoms with Crippen LogP contribution in [-0.2, 0) is 0 Å². The Morgan fingerprint density at radius 2 is 1.83 bits per heavy atom. The van der Waals surface area contributed by atoms with Crippen LogP contribution in [0.25, 0.3) is 0 Å². The third-order valence-corrected chi connectivity index (χ3v) is 3.04. The number of benzene rings is 1. The highest BCUT2D eigenvalue weighted by molar-refractivity contribution is 5.92. The van der Waals surface area contributed by atoms with Crippen LogP contribution in [0, 0.1) is 0 Å². The van der Waals surface area contributed by atoms with Gasteiger partial charge in [-0.05, 0) is 32.9 Å². The number of hydrogen-bond donors (Lipinski definition) is 2. The zero-order valence-corrected chi connectivity index (χ0v) is 14.5. The fourth-order valence-corrected chi connectivity index (χ4v) is 1.96. The van der Waals surface area contributed by atoms with Crippen molar-refractivity contribution < 1.29 is 14.3 Å². The smallest absolute Gasteiger partial charge is 0.271 e. The molecule has 1 aromatic carbocycles. The van der Waals surface area contributed by atoms with E-state index in [9.17, 15) is 4.79 Å². The van der Waals surface area contributed by atoms with Gasteiger partial charge in [0.25, 0.3) is 5.91 Å². The van der Waals surface area contributed by atoms with Crippen molar-refractivity contribution >= 4 is 17.4 Å². The lowest BCUT2D eigenvalue weighted by atomic mass is 10.1. The maximum Gasteiger partial charge on any atom is 0.271 e. The third kappa shape index (κ3) is 4.58. The molecule has 0 saturated carbocycles. The van der Waals surface area contributed by atoms with Gasteiger partial charge in [0.05, 0.1) is 32.3 Å². The van der Waals surface area contributed by atoms with Gasteiger partial charge in [0, 0.05) is 11.6 Å². The molecule has 128 valence electrons. The SMILES string of the molecule is COc1ccc(OC)c(Nc2cnc(C(=O)NC(C)(C)C)cn2)c1. The van der Waals surface area contributed by atoms with Crippen molar-refractivity contribution in [1.29, 1.82) is 0 Å². The minimum Gasteiger partial charge on any atom is -0.497 e. The number of ether oxygens (including phenoxy) is 2. The molecule has 0 fully saturated rings. The molecule has 0 saturated heterocycles. The summed E-state index contributed by atoms with van der Waals surface area (Å²) in [6.07, 6.45) is 2.92. The van der Waals surface area contributed by atoms with Crippen molar-refractivity contribution in [3.8, 4) is 11.5 Å². The maximum absolute atomic E-state index is 12.0. The molecule has 0 aliphatic heterocycles. The van der Waals surface area contributed by atoms with E-state index < -0.39 is 0 Å². The second kappa shape index (κ2) is 7.16. The molecule has 0 unspecified atom stereocenters. The van der Waals surface area contributed by atoms with Gasteiger partial charge in [-0.25, -0.2) is 9.97 Å².